The molecule has 1 aliphatic rings. The van der Waals surface area contributed by atoms with Gasteiger partial charge in [-0.05, 0) is 25.6 Å². The lowest BCUT2D eigenvalue weighted by Crippen LogP contribution is -2.43. The molecule has 1 N–H and O–H groups in total. The zero-order chi connectivity index (χ0) is 13.6. The Bertz CT molecular complexity index is 360. The van der Waals surface area contributed by atoms with Crippen LogP contribution in [0.5, 0.6) is 0 Å². The first-order valence-corrected chi connectivity index (χ1v) is 7.27. The van der Waals surface area contributed by atoms with Gasteiger partial charge in [-0.15, -0.1) is 0 Å². The van der Waals surface area contributed by atoms with Gasteiger partial charge in [0.25, 0.3) is 0 Å². The molecule has 0 radical (unpaired) electrons. The summed E-state index contributed by atoms with van der Waals surface area (Å²) in [6.45, 7) is 8.30. The van der Waals surface area contributed by atoms with E-state index in [1.54, 1.807) is 0 Å². The SMILES string of the molecule is CCN(Cc1ccccc1)CC1(CNC)CCOC1. The molecule has 1 saturated heterocycles. The Morgan fingerprint density at radius 1 is 1.32 bits per heavy atom. The van der Waals surface area contributed by atoms with Gasteiger partial charge in [-0.1, -0.05) is 37.3 Å². The van der Waals surface area contributed by atoms with Crippen molar-refractivity contribution < 1.29 is 4.74 Å². The van der Waals surface area contributed by atoms with Gasteiger partial charge in [-0.3, -0.25) is 4.90 Å². The lowest BCUT2D eigenvalue weighted by molar-refractivity contribution is 0.109. The molecular formula is C16H26N2O. The quantitative estimate of drug-likeness (QED) is 0.815. The average molecular weight is 262 g/mol. The number of benzene rings is 1. The fraction of sp³-hybridized carbons (Fsp3) is 0.625. The lowest BCUT2D eigenvalue weighted by atomic mass is 9.86. The van der Waals surface area contributed by atoms with Crippen LogP contribution in [0.4, 0.5) is 0 Å². The molecule has 0 aliphatic carbocycles. The minimum Gasteiger partial charge on any atom is -0.381 e. The van der Waals surface area contributed by atoms with Gasteiger partial charge < -0.3 is 10.1 Å². The predicted octanol–water partition coefficient (Wildman–Crippen LogP) is 2.13. The molecule has 0 spiro atoms. The summed E-state index contributed by atoms with van der Waals surface area (Å²) in [6, 6.07) is 10.7. The third kappa shape index (κ3) is 4.03. The van der Waals surface area contributed by atoms with E-state index in [1.165, 1.54) is 12.0 Å². The first-order chi connectivity index (χ1) is 9.28. The normalized spacial score (nSPS) is 23.1. The first kappa shape index (κ1) is 14.5. The molecule has 1 atom stereocenters. The molecule has 0 saturated carbocycles. The highest BCUT2D eigenvalue weighted by Crippen LogP contribution is 2.29. The van der Waals surface area contributed by atoms with Crippen molar-refractivity contribution in [3.8, 4) is 0 Å². The van der Waals surface area contributed by atoms with Gasteiger partial charge in [0.1, 0.15) is 0 Å². The Hall–Kier alpha value is -0.900. The number of hydrogen-bond acceptors (Lipinski definition) is 3. The van der Waals surface area contributed by atoms with E-state index in [9.17, 15) is 0 Å². The summed E-state index contributed by atoms with van der Waals surface area (Å²) in [4.78, 5) is 2.53. The summed E-state index contributed by atoms with van der Waals surface area (Å²) in [6.07, 6.45) is 1.17. The number of nitrogens with one attached hydrogen (secondary N) is 1. The summed E-state index contributed by atoms with van der Waals surface area (Å²) >= 11 is 0. The van der Waals surface area contributed by atoms with Gasteiger partial charge in [-0.25, -0.2) is 0 Å². The summed E-state index contributed by atoms with van der Waals surface area (Å²) in [5.41, 5.74) is 1.68. The zero-order valence-corrected chi connectivity index (χ0v) is 12.2. The molecule has 1 aromatic carbocycles. The summed E-state index contributed by atoms with van der Waals surface area (Å²) in [7, 11) is 2.04. The van der Waals surface area contributed by atoms with Gasteiger partial charge >= 0.3 is 0 Å². The van der Waals surface area contributed by atoms with E-state index >= 15 is 0 Å². The second-order valence-corrected chi connectivity index (χ2v) is 5.62. The number of hydrogen-bond donors (Lipinski definition) is 1. The van der Waals surface area contributed by atoms with Crippen LogP contribution in [0, 0.1) is 5.41 Å². The first-order valence-electron chi connectivity index (χ1n) is 7.27. The van der Waals surface area contributed by atoms with Gasteiger partial charge in [0, 0.05) is 31.7 Å². The highest BCUT2D eigenvalue weighted by atomic mass is 16.5. The molecule has 1 unspecified atom stereocenters. The van der Waals surface area contributed by atoms with Crippen LogP contribution in [0.15, 0.2) is 30.3 Å². The molecule has 1 fully saturated rings. The molecule has 0 amide bonds. The monoisotopic (exact) mass is 262 g/mol. The molecule has 0 aromatic heterocycles. The maximum atomic E-state index is 5.64. The fourth-order valence-corrected chi connectivity index (χ4v) is 2.94. The van der Waals surface area contributed by atoms with E-state index in [0.29, 0.717) is 5.41 Å². The van der Waals surface area contributed by atoms with Crippen LogP contribution in [0.25, 0.3) is 0 Å². The van der Waals surface area contributed by atoms with Crippen LogP contribution in [0.2, 0.25) is 0 Å². The Kier molecular flexibility index (Phi) is 5.37. The van der Waals surface area contributed by atoms with Crippen LogP contribution in [-0.2, 0) is 11.3 Å². The van der Waals surface area contributed by atoms with Gasteiger partial charge in [-0.2, -0.15) is 0 Å². The molecular weight excluding hydrogens is 236 g/mol. The molecule has 1 aliphatic heterocycles. The minimum absolute atomic E-state index is 0.291. The van der Waals surface area contributed by atoms with Crippen LogP contribution in [0.3, 0.4) is 0 Å². The lowest BCUT2D eigenvalue weighted by Gasteiger charge is -2.33. The Morgan fingerprint density at radius 2 is 2.11 bits per heavy atom. The molecule has 3 nitrogen and oxygen atoms in total. The van der Waals surface area contributed by atoms with E-state index in [-0.39, 0.29) is 0 Å². The smallest absolute Gasteiger partial charge is 0.0547 e. The van der Waals surface area contributed by atoms with Crippen molar-refractivity contribution in [2.45, 2.75) is 19.9 Å². The van der Waals surface area contributed by atoms with E-state index in [2.05, 4.69) is 47.5 Å². The molecule has 19 heavy (non-hydrogen) atoms. The van der Waals surface area contributed by atoms with E-state index in [4.69, 9.17) is 4.74 Å². The van der Waals surface area contributed by atoms with Crippen molar-refractivity contribution in [2.24, 2.45) is 5.41 Å². The van der Waals surface area contributed by atoms with Crippen LogP contribution >= 0.6 is 0 Å². The Balaban J connectivity index is 1.97. The molecule has 106 valence electrons. The number of nitrogens with zero attached hydrogens (tertiary/aromatic N) is 1. The fourth-order valence-electron chi connectivity index (χ4n) is 2.94. The van der Waals surface area contributed by atoms with E-state index in [1.807, 2.05) is 7.05 Å². The van der Waals surface area contributed by atoms with Crippen LogP contribution < -0.4 is 5.32 Å². The Morgan fingerprint density at radius 3 is 2.68 bits per heavy atom. The van der Waals surface area contributed by atoms with Crippen molar-refractivity contribution in [1.29, 1.82) is 0 Å². The van der Waals surface area contributed by atoms with Crippen molar-refractivity contribution in [1.82, 2.24) is 10.2 Å². The molecule has 1 aromatic rings. The van der Waals surface area contributed by atoms with Gasteiger partial charge in [0.2, 0.25) is 0 Å². The second kappa shape index (κ2) is 7.04. The maximum absolute atomic E-state index is 5.64. The van der Waals surface area contributed by atoms with Gasteiger partial charge in [0.15, 0.2) is 0 Å². The minimum atomic E-state index is 0.291. The number of ether oxygens (including phenoxy) is 1. The maximum Gasteiger partial charge on any atom is 0.0547 e. The third-order valence-corrected chi connectivity index (χ3v) is 3.99. The standard InChI is InChI=1S/C16H26N2O/c1-3-18(11-15-7-5-4-6-8-15)13-16(12-17-2)9-10-19-14-16/h4-8,17H,3,9-14H2,1-2H3. The van der Waals surface area contributed by atoms with E-state index < -0.39 is 0 Å². The third-order valence-electron chi connectivity index (χ3n) is 3.99. The number of rotatable bonds is 7. The van der Waals surface area contributed by atoms with Crippen molar-refractivity contribution >= 4 is 0 Å². The zero-order valence-electron chi connectivity index (χ0n) is 12.2. The average Bonchev–Trinajstić information content (AvgIpc) is 2.88. The van der Waals surface area contributed by atoms with Crippen LogP contribution in [0.1, 0.15) is 18.9 Å². The molecule has 2 rings (SSSR count). The van der Waals surface area contributed by atoms with Crippen molar-refractivity contribution in [3.05, 3.63) is 35.9 Å². The summed E-state index contributed by atoms with van der Waals surface area (Å²) in [5, 5.41) is 3.34. The van der Waals surface area contributed by atoms with Crippen molar-refractivity contribution in [2.75, 3.05) is 39.9 Å². The highest BCUT2D eigenvalue weighted by molar-refractivity contribution is 5.14. The largest absolute Gasteiger partial charge is 0.381 e. The summed E-state index contributed by atoms with van der Waals surface area (Å²) < 4.78 is 5.64. The van der Waals surface area contributed by atoms with Crippen molar-refractivity contribution in [3.63, 3.8) is 0 Å². The topological polar surface area (TPSA) is 24.5 Å². The highest BCUT2D eigenvalue weighted by Gasteiger charge is 2.35. The van der Waals surface area contributed by atoms with E-state index in [0.717, 1.165) is 39.4 Å². The second-order valence-electron chi connectivity index (χ2n) is 5.62. The molecule has 0 bridgehead atoms. The van der Waals surface area contributed by atoms with Gasteiger partial charge in [0.05, 0.1) is 6.61 Å². The molecule has 1 heterocycles. The van der Waals surface area contributed by atoms with Crippen LogP contribution in [-0.4, -0.2) is 44.8 Å². The summed E-state index contributed by atoms with van der Waals surface area (Å²) in [5.74, 6) is 0. The molecule has 3 heteroatoms. The Labute approximate surface area is 116 Å². The predicted molar refractivity (Wildman–Crippen MR) is 79.2 cm³/mol.